The number of nitrogens with two attached hydrogens (primary N) is 1. The van der Waals surface area contributed by atoms with Crippen LogP contribution in [0.5, 0.6) is 0 Å². The Balaban J connectivity index is 3.93. The van der Waals surface area contributed by atoms with E-state index in [4.69, 9.17) is 10.8 Å². The first-order valence-electron chi connectivity index (χ1n) is 4.34. The van der Waals surface area contributed by atoms with E-state index >= 15 is 0 Å². The molecule has 0 aromatic heterocycles. The molecule has 6 nitrogen and oxygen atoms in total. The number of nitrogens with one attached hydrogen (secondary N) is 1. The molecular formula is C7H16N2O4S. The largest absolute Gasteiger partial charge is 0.480 e. The predicted octanol–water partition coefficient (Wildman–Crippen LogP) is -0.882. The van der Waals surface area contributed by atoms with Crippen LogP contribution in [0.15, 0.2) is 0 Å². The fourth-order valence-electron chi connectivity index (χ4n) is 0.735. The maximum Gasteiger partial charge on any atom is 0.320 e. The van der Waals surface area contributed by atoms with Gasteiger partial charge in [-0.3, -0.25) is 4.79 Å². The average Bonchev–Trinajstić information content (AvgIpc) is 2.11. The van der Waals surface area contributed by atoms with E-state index in [-0.39, 0.29) is 12.2 Å². The van der Waals surface area contributed by atoms with Crippen LogP contribution in [-0.4, -0.2) is 37.8 Å². The van der Waals surface area contributed by atoms with Gasteiger partial charge in [-0.05, 0) is 12.8 Å². The summed E-state index contributed by atoms with van der Waals surface area (Å²) >= 11 is 0. The molecule has 0 bridgehead atoms. The normalized spacial score (nSPS) is 13.9. The van der Waals surface area contributed by atoms with Crippen molar-refractivity contribution in [2.45, 2.75) is 25.8 Å². The third-order valence-corrected chi connectivity index (χ3v) is 3.00. The maximum atomic E-state index is 11.2. The van der Waals surface area contributed by atoms with Crippen molar-refractivity contribution >= 4 is 16.0 Å². The van der Waals surface area contributed by atoms with Crippen LogP contribution in [0.1, 0.15) is 19.8 Å². The monoisotopic (exact) mass is 224 g/mol. The molecule has 14 heavy (non-hydrogen) atoms. The molecule has 0 radical (unpaired) electrons. The molecule has 1 unspecified atom stereocenters. The van der Waals surface area contributed by atoms with Crippen molar-refractivity contribution in [1.82, 2.24) is 4.72 Å². The van der Waals surface area contributed by atoms with E-state index in [1.54, 1.807) is 0 Å². The van der Waals surface area contributed by atoms with Crippen molar-refractivity contribution in [2.75, 3.05) is 12.3 Å². The summed E-state index contributed by atoms with van der Waals surface area (Å²) in [6.07, 6.45) is 0.624. The number of rotatable bonds is 7. The third-order valence-electron chi connectivity index (χ3n) is 1.59. The fourth-order valence-corrected chi connectivity index (χ4v) is 1.96. The lowest BCUT2D eigenvalue weighted by molar-refractivity contribution is -0.138. The second kappa shape index (κ2) is 5.94. The molecule has 0 rings (SSSR count). The molecule has 0 spiro atoms. The van der Waals surface area contributed by atoms with E-state index in [9.17, 15) is 13.2 Å². The molecule has 0 aromatic carbocycles. The summed E-state index contributed by atoms with van der Waals surface area (Å²) < 4.78 is 24.6. The first kappa shape index (κ1) is 13.3. The molecule has 4 N–H and O–H groups in total. The molecule has 0 saturated carbocycles. The van der Waals surface area contributed by atoms with Gasteiger partial charge in [-0.15, -0.1) is 0 Å². The number of aliphatic carboxylic acids is 1. The van der Waals surface area contributed by atoms with Crippen LogP contribution in [-0.2, 0) is 14.8 Å². The lowest BCUT2D eigenvalue weighted by Gasteiger charge is -2.07. The first-order valence-corrected chi connectivity index (χ1v) is 6.00. The molecule has 0 saturated heterocycles. The lowest BCUT2D eigenvalue weighted by Crippen LogP contribution is -2.35. The molecular weight excluding hydrogens is 208 g/mol. The highest BCUT2D eigenvalue weighted by Gasteiger charge is 2.16. The van der Waals surface area contributed by atoms with Gasteiger partial charge in [0, 0.05) is 6.54 Å². The number of sulfonamides is 1. The van der Waals surface area contributed by atoms with Crippen LogP contribution in [0.25, 0.3) is 0 Å². The maximum absolute atomic E-state index is 11.2. The quantitative estimate of drug-likeness (QED) is 0.520. The van der Waals surface area contributed by atoms with Gasteiger partial charge in [-0.25, -0.2) is 13.1 Å². The Morgan fingerprint density at radius 1 is 1.57 bits per heavy atom. The SMILES string of the molecule is CCCNS(=O)(=O)CCC(N)C(=O)O. The minimum Gasteiger partial charge on any atom is -0.480 e. The number of carbonyl (C=O) groups is 1. The zero-order valence-corrected chi connectivity index (χ0v) is 8.88. The molecule has 1 atom stereocenters. The van der Waals surface area contributed by atoms with Gasteiger partial charge in [0.15, 0.2) is 0 Å². The van der Waals surface area contributed by atoms with Gasteiger partial charge in [-0.2, -0.15) is 0 Å². The van der Waals surface area contributed by atoms with E-state index in [1.807, 2.05) is 6.92 Å². The van der Waals surface area contributed by atoms with Gasteiger partial charge >= 0.3 is 5.97 Å². The summed E-state index contributed by atoms with van der Waals surface area (Å²) in [5.41, 5.74) is 5.16. The van der Waals surface area contributed by atoms with Crippen LogP contribution < -0.4 is 10.5 Å². The average molecular weight is 224 g/mol. The van der Waals surface area contributed by atoms with E-state index in [0.717, 1.165) is 0 Å². The molecule has 0 heterocycles. The molecule has 0 aliphatic carbocycles. The predicted molar refractivity (Wildman–Crippen MR) is 52.3 cm³/mol. The molecule has 7 heteroatoms. The van der Waals surface area contributed by atoms with Gasteiger partial charge in [0.05, 0.1) is 5.75 Å². The molecule has 84 valence electrons. The van der Waals surface area contributed by atoms with Crippen molar-refractivity contribution in [3.63, 3.8) is 0 Å². The molecule has 0 aromatic rings. The zero-order valence-electron chi connectivity index (χ0n) is 8.06. The molecule has 0 aliphatic rings. The summed E-state index contributed by atoms with van der Waals surface area (Å²) in [6, 6.07) is -1.12. The number of hydrogen-bond donors (Lipinski definition) is 3. The van der Waals surface area contributed by atoms with Crippen molar-refractivity contribution in [1.29, 1.82) is 0 Å². The van der Waals surface area contributed by atoms with Crippen LogP contribution in [0.2, 0.25) is 0 Å². The first-order chi connectivity index (χ1) is 6.39. The zero-order chi connectivity index (χ0) is 11.2. The smallest absolute Gasteiger partial charge is 0.320 e. The van der Waals surface area contributed by atoms with Crippen LogP contribution in [0.3, 0.4) is 0 Å². The van der Waals surface area contributed by atoms with Crippen LogP contribution in [0, 0.1) is 0 Å². The highest BCUT2D eigenvalue weighted by Crippen LogP contribution is 1.94. The van der Waals surface area contributed by atoms with E-state index in [2.05, 4.69) is 4.72 Å². The Kier molecular flexibility index (Phi) is 5.66. The van der Waals surface area contributed by atoms with Gasteiger partial charge in [0.1, 0.15) is 6.04 Å². The van der Waals surface area contributed by atoms with Gasteiger partial charge in [0.25, 0.3) is 0 Å². The van der Waals surface area contributed by atoms with Gasteiger partial charge in [0.2, 0.25) is 10.0 Å². The van der Waals surface area contributed by atoms with E-state index < -0.39 is 22.0 Å². The summed E-state index contributed by atoms with van der Waals surface area (Å²) in [4.78, 5) is 10.3. The summed E-state index contributed by atoms with van der Waals surface area (Å²) in [5.74, 6) is -1.43. The van der Waals surface area contributed by atoms with Gasteiger partial charge < -0.3 is 10.8 Å². The number of carboxylic acids is 1. The van der Waals surface area contributed by atoms with Crippen LogP contribution >= 0.6 is 0 Å². The minimum absolute atomic E-state index is 0.0750. The molecule has 0 aliphatic heterocycles. The number of hydrogen-bond acceptors (Lipinski definition) is 4. The summed E-state index contributed by atoms with van der Waals surface area (Å²) in [5, 5.41) is 8.41. The molecule has 0 fully saturated rings. The summed E-state index contributed by atoms with van der Waals surface area (Å²) in [6.45, 7) is 2.20. The Labute approximate surface area is 83.5 Å². The lowest BCUT2D eigenvalue weighted by atomic mass is 10.2. The third kappa shape index (κ3) is 5.90. The second-order valence-electron chi connectivity index (χ2n) is 2.95. The molecule has 0 amide bonds. The van der Waals surface area contributed by atoms with Crippen molar-refractivity contribution in [3.8, 4) is 0 Å². The standard InChI is InChI=1S/C7H16N2O4S/c1-2-4-9-14(12,13)5-3-6(8)7(10)11/h6,9H,2-5,8H2,1H3,(H,10,11). The minimum atomic E-state index is -3.37. The van der Waals surface area contributed by atoms with Crippen molar-refractivity contribution < 1.29 is 18.3 Å². The summed E-state index contributed by atoms with van der Waals surface area (Å²) in [7, 11) is -3.37. The van der Waals surface area contributed by atoms with E-state index in [0.29, 0.717) is 13.0 Å². The van der Waals surface area contributed by atoms with E-state index in [1.165, 1.54) is 0 Å². The van der Waals surface area contributed by atoms with Crippen molar-refractivity contribution in [2.24, 2.45) is 5.73 Å². The second-order valence-corrected chi connectivity index (χ2v) is 4.87. The Morgan fingerprint density at radius 3 is 2.57 bits per heavy atom. The Hall–Kier alpha value is -0.660. The highest BCUT2D eigenvalue weighted by atomic mass is 32.2. The van der Waals surface area contributed by atoms with Gasteiger partial charge in [-0.1, -0.05) is 6.92 Å². The number of carboxylic acid groups (broad SMARTS) is 1. The highest BCUT2D eigenvalue weighted by molar-refractivity contribution is 7.89. The Morgan fingerprint density at radius 2 is 2.14 bits per heavy atom. The fraction of sp³-hybridized carbons (Fsp3) is 0.857. The van der Waals surface area contributed by atoms with Crippen LogP contribution in [0.4, 0.5) is 0 Å². The van der Waals surface area contributed by atoms with Crippen molar-refractivity contribution in [3.05, 3.63) is 0 Å². The topological polar surface area (TPSA) is 109 Å². The Bertz CT molecular complexity index is 275.